The largest absolute Gasteiger partial charge is 0.491 e. The fourth-order valence-corrected chi connectivity index (χ4v) is 1.89. The summed E-state index contributed by atoms with van der Waals surface area (Å²) < 4.78 is 18.8. The molecule has 1 aromatic heterocycles. The van der Waals surface area contributed by atoms with Crippen LogP contribution < -0.4 is 10.1 Å². The van der Waals surface area contributed by atoms with Crippen molar-refractivity contribution in [1.82, 2.24) is 4.98 Å². The van der Waals surface area contributed by atoms with E-state index in [2.05, 4.69) is 10.3 Å². The van der Waals surface area contributed by atoms with E-state index in [4.69, 9.17) is 21.4 Å². The Hall–Kier alpha value is -2.34. The number of carboxylic acids is 1. The maximum atomic E-state index is 13.7. The first-order chi connectivity index (χ1) is 9.99. The summed E-state index contributed by atoms with van der Waals surface area (Å²) in [5.41, 5.74) is 0.394. The smallest absolute Gasteiger partial charge is 0.335 e. The molecule has 0 radical (unpaired) electrons. The van der Waals surface area contributed by atoms with Crippen molar-refractivity contribution in [3.8, 4) is 5.75 Å². The number of hydrogen-bond donors (Lipinski definition) is 2. The summed E-state index contributed by atoms with van der Waals surface area (Å²) >= 11 is 5.75. The molecule has 0 spiro atoms. The number of nitrogens with one attached hydrogen (secondary N) is 1. The molecule has 0 fully saturated rings. The molecule has 5 nitrogen and oxygen atoms in total. The SMILES string of the molecule is CCOc1ccc(Nc2cc(C(=O)O)cc(Cl)n2)cc1F. The normalized spacial score (nSPS) is 10.2. The summed E-state index contributed by atoms with van der Waals surface area (Å²) in [4.78, 5) is 14.9. The molecule has 0 aliphatic rings. The van der Waals surface area contributed by atoms with Gasteiger partial charge in [-0.05, 0) is 31.2 Å². The zero-order valence-electron chi connectivity index (χ0n) is 11.1. The minimum atomic E-state index is -1.12. The fraction of sp³-hybridized carbons (Fsp3) is 0.143. The number of rotatable bonds is 5. The van der Waals surface area contributed by atoms with Crippen LogP contribution in [0.4, 0.5) is 15.9 Å². The first-order valence-corrected chi connectivity index (χ1v) is 6.47. The Kier molecular flexibility index (Phi) is 4.59. The number of aromatic nitrogens is 1. The zero-order valence-corrected chi connectivity index (χ0v) is 11.8. The van der Waals surface area contributed by atoms with Gasteiger partial charge in [0.1, 0.15) is 11.0 Å². The number of carboxylic acid groups (broad SMARTS) is 1. The van der Waals surface area contributed by atoms with Gasteiger partial charge in [-0.15, -0.1) is 0 Å². The lowest BCUT2D eigenvalue weighted by atomic mass is 10.2. The molecule has 0 unspecified atom stereocenters. The lowest BCUT2D eigenvalue weighted by Crippen LogP contribution is -2.01. The summed E-state index contributed by atoms with van der Waals surface area (Å²) in [5.74, 6) is -1.29. The molecular formula is C14H12ClFN2O3. The molecule has 0 atom stereocenters. The van der Waals surface area contributed by atoms with Crippen molar-refractivity contribution in [2.24, 2.45) is 0 Å². The third-order valence-electron chi connectivity index (χ3n) is 2.55. The van der Waals surface area contributed by atoms with Crippen LogP contribution in [0, 0.1) is 5.82 Å². The Morgan fingerprint density at radius 2 is 2.19 bits per heavy atom. The van der Waals surface area contributed by atoms with Gasteiger partial charge in [-0.25, -0.2) is 14.2 Å². The minimum absolute atomic E-state index is 0.0103. The van der Waals surface area contributed by atoms with Crippen LogP contribution in [-0.4, -0.2) is 22.7 Å². The molecule has 0 bridgehead atoms. The summed E-state index contributed by atoms with van der Waals surface area (Å²) in [6.45, 7) is 2.12. The number of ether oxygens (including phenoxy) is 1. The minimum Gasteiger partial charge on any atom is -0.491 e. The molecule has 2 aromatic rings. The van der Waals surface area contributed by atoms with E-state index >= 15 is 0 Å². The van der Waals surface area contributed by atoms with E-state index in [-0.39, 0.29) is 22.3 Å². The molecule has 0 amide bonds. The summed E-state index contributed by atoms with van der Waals surface area (Å²) in [7, 11) is 0. The molecule has 0 saturated carbocycles. The van der Waals surface area contributed by atoms with Crippen molar-refractivity contribution >= 4 is 29.1 Å². The Bertz CT molecular complexity index is 679. The lowest BCUT2D eigenvalue weighted by Gasteiger charge is -2.09. The highest BCUT2D eigenvalue weighted by Crippen LogP contribution is 2.24. The highest BCUT2D eigenvalue weighted by Gasteiger charge is 2.09. The van der Waals surface area contributed by atoms with E-state index in [9.17, 15) is 9.18 Å². The molecule has 110 valence electrons. The molecule has 2 N–H and O–H groups in total. The molecule has 1 heterocycles. The average Bonchev–Trinajstić information content (AvgIpc) is 2.41. The van der Waals surface area contributed by atoms with Gasteiger partial charge in [0.2, 0.25) is 0 Å². The Labute approximate surface area is 125 Å². The number of anilines is 2. The second-order valence-electron chi connectivity index (χ2n) is 4.07. The molecule has 0 aliphatic carbocycles. The molecule has 7 heteroatoms. The Morgan fingerprint density at radius 1 is 1.43 bits per heavy atom. The van der Waals surface area contributed by atoms with Gasteiger partial charge >= 0.3 is 5.97 Å². The van der Waals surface area contributed by atoms with Gasteiger partial charge in [0, 0.05) is 11.8 Å². The van der Waals surface area contributed by atoms with Crippen LogP contribution in [0.3, 0.4) is 0 Å². The van der Waals surface area contributed by atoms with Gasteiger partial charge in [-0.1, -0.05) is 11.6 Å². The summed E-state index contributed by atoms with van der Waals surface area (Å²) in [5, 5.41) is 11.8. The monoisotopic (exact) mass is 310 g/mol. The van der Waals surface area contributed by atoms with Crippen LogP contribution in [0.25, 0.3) is 0 Å². The summed E-state index contributed by atoms with van der Waals surface area (Å²) in [6.07, 6.45) is 0. The topological polar surface area (TPSA) is 71.5 Å². The lowest BCUT2D eigenvalue weighted by molar-refractivity contribution is 0.0697. The van der Waals surface area contributed by atoms with Gasteiger partial charge < -0.3 is 15.2 Å². The van der Waals surface area contributed by atoms with E-state index in [1.807, 2.05) is 0 Å². The predicted molar refractivity (Wildman–Crippen MR) is 77.1 cm³/mol. The molecule has 21 heavy (non-hydrogen) atoms. The first kappa shape index (κ1) is 15.1. The molecule has 0 aliphatic heterocycles. The molecule has 1 aromatic carbocycles. The predicted octanol–water partition coefficient (Wildman–Crippen LogP) is 3.71. The van der Waals surface area contributed by atoms with Crippen LogP contribution in [0.5, 0.6) is 5.75 Å². The third-order valence-corrected chi connectivity index (χ3v) is 2.74. The number of nitrogens with zero attached hydrogens (tertiary/aromatic N) is 1. The van der Waals surface area contributed by atoms with Gasteiger partial charge in [-0.3, -0.25) is 0 Å². The van der Waals surface area contributed by atoms with Gasteiger partial charge in [-0.2, -0.15) is 0 Å². The zero-order chi connectivity index (χ0) is 15.4. The van der Waals surface area contributed by atoms with Crippen LogP contribution in [0.1, 0.15) is 17.3 Å². The number of benzene rings is 1. The van der Waals surface area contributed by atoms with E-state index in [0.29, 0.717) is 12.3 Å². The van der Waals surface area contributed by atoms with Crippen molar-refractivity contribution in [1.29, 1.82) is 0 Å². The van der Waals surface area contributed by atoms with Crippen LogP contribution in [0.15, 0.2) is 30.3 Å². The van der Waals surface area contributed by atoms with E-state index in [1.165, 1.54) is 24.3 Å². The van der Waals surface area contributed by atoms with Crippen LogP contribution in [0.2, 0.25) is 5.15 Å². The van der Waals surface area contributed by atoms with E-state index < -0.39 is 11.8 Å². The van der Waals surface area contributed by atoms with Crippen molar-refractivity contribution in [2.75, 3.05) is 11.9 Å². The standard InChI is InChI=1S/C14H12ClFN2O3/c1-2-21-11-4-3-9(7-10(11)16)17-13-6-8(14(19)20)5-12(15)18-13/h3-7H,2H2,1H3,(H,17,18)(H,19,20). The van der Waals surface area contributed by atoms with Crippen LogP contribution in [-0.2, 0) is 0 Å². The maximum absolute atomic E-state index is 13.7. The van der Waals surface area contributed by atoms with Gasteiger partial charge in [0.25, 0.3) is 0 Å². The first-order valence-electron chi connectivity index (χ1n) is 6.10. The summed E-state index contributed by atoms with van der Waals surface area (Å²) in [6, 6.07) is 6.84. The number of hydrogen-bond acceptors (Lipinski definition) is 4. The van der Waals surface area contributed by atoms with Crippen molar-refractivity contribution in [3.05, 3.63) is 46.9 Å². The Balaban J connectivity index is 2.26. The van der Waals surface area contributed by atoms with Crippen LogP contribution >= 0.6 is 11.6 Å². The number of carbonyl (C=O) groups is 1. The van der Waals surface area contributed by atoms with Crippen molar-refractivity contribution in [3.63, 3.8) is 0 Å². The molecule has 0 saturated heterocycles. The molecule has 2 rings (SSSR count). The maximum Gasteiger partial charge on any atom is 0.335 e. The van der Waals surface area contributed by atoms with E-state index in [0.717, 1.165) is 0 Å². The Morgan fingerprint density at radius 3 is 2.81 bits per heavy atom. The van der Waals surface area contributed by atoms with Gasteiger partial charge in [0.15, 0.2) is 11.6 Å². The quantitative estimate of drug-likeness (QED) is 0.824. The second kappa shape index (κ2) is 6.41. The third kappa shape index (κ3) is 3.82. The number of pyridine rings is 1. The number of halogens is 2. The average molecular weight is 311 g/mol. The van der Waals surface area contributed by atoms with E-state index in [1.54, 1.807) is 13.0 Å². The fourth-order valence-electron chi connectivity index (χ4n) is 1.68. The number of aromatic carboxylic acids is 1. The second-order valence-corrected chi connectivity index (χ2v) is 4.46. The van der Waals surface area contributed by atoms with Crippen molar-refractivity contribution in [2.45, 2.75) is 6.92 Å². The van der Waals surface area contributed by atoms with Crippen molar-refractivity contribution < 1.29 is 19.0 Å². The molecular weight excluding hydrogens is 299 g/mol. The highest BCUT2D eigenvalue weighted by molar-refractivity contribution is 6.29. The highest BCUT2D eigenvalue weighted by atomic mass is 35.5. The van der Waals surface area contributed by atoms with Gasteiger partial charge in [0.05, 0.1) is 12.2 Å².